The fraction of sp³-hybridized carbons (Fsp3) is 0.188. The van der Waals surface area contributed by atoms with Crippen LogP contribution in [0, 0.1) is 6.92 Å². The van der Waals surface area contributed by atoms with Crippen LogP contribution in [0.5, 0.6) is 0 Å². The summed E-state index contributed by atoms with van der Waals surface area (Å²) in [5.74, 6) is -0.736. The molecule has 2 aromatic carbocycles. The zero-order chi connectivity index (χ0) is 16.2. The smallest absolute Gasteiger partial charge is 0.267 e. The van der Waals surface area contributed by atoms with Crippen molar-refractivity contribution >= 4 is 15.9 Å². The molecule has 22 heavy (non-hydrogen) atoms. The molecule has 0 unspecified atom stereocenters. The van der Waals surface area contributed by atoms with Gasteiger partial charge in [-0.3, -0.25) is 4.79 Å². The molecule has 1 amide bonds. The Hall–Kier alpha value is -2.21. The summed E-state index contributed by atoms with van der Waals surface area (Å²) >= 11 is 0. The van der Waals surface area contributed by atoms with E-state index in [0.717, 1.165) is 5.56 Å². The monoisotopic (exact) mass is 321 g/mol. The topological polar surface area (TPSA) is 54.5 Å². The number of amides is 1. The van der Waals surface area contributed by atoms with Gasteiger partial charge in [-0.15, -0.1) is 0 Å². The molecule has 2 rings (SSSR count). The van der Waals surface area contributed by atoms with Crippen molar-refractivity contribution in [3.05, 3.63) is 65.7 Å². The van der Waals surface area contributed by atoms with Crippen LogP contribution in [0.2, 0.25) is 0 Å². The lowest BCUT2D eigenvalue weighted by molar-refractivity contribution is 0.0855. The van der Waals surface area contributed by atoms with E-state index in [1.807, 2.05) is 0 Å². The Morgan fingerprint density at radius 1 is 1.09 bits per heavy atom. The van der Waals surface area contributed by atoms with E-state index in [9.17, 15) is 17.6 Å². The molecule has 0 radical (unpaired) electrons. The first kappa shape index (κ1) is 16.2. The van der Waals surface area contributed by atoms with Gasteiger partial charge in [-0.1, -0.05) is 30.3 Å². The van der Waals surface area contributed by atoms with Crippen molar-refractivity contribution in [3.8, 4) is 0 Å². The second-order valence-electron chi connectivity index (χ2n) is 4.75. The van der Waals surface area contributed by atoms with E-state index in [-0.39, 0.29) is 10.5 Å². The molecule has 0 heterocycles. The van der Waals surface area contributed by atoms with Crippen LogP contribution in [0.4, 0.5) is 4.39 Å². The molecule has 0 fully saturated rings. The number of rotatable bonds is 5. The molecule has 0 saturated carbocycles. The maximum Gasteiger partial charge on any atom is 0.267 e. The molecule has 0 aliphatic rings. The van der Waals surface area contributed by atoms with Gasteiger partial charge < -0.3 is 0 Å². The lowest BCUT2D eigenvalue weighted by atomic mass is 10.2. The van der Waals surface area contributed by atoms with Gasteiger partial charge in [-0.2, -0.15) is 0 Å². The Labute approximate surface area is 129 Å². The lowest BCUT2D eigenvalue weighted by Gasteiger charge is -2.21. The van der Waals surface area contributed by atoms with Gasteiger partial charge in [0, 0.05) is 5.56 Å². The van der Waals surface area contributed by atoms with Crippen molar-refractivity contribution in [1.82, 2.24) is 4.31 Å². The van der Waals surface area contributed by atoms with Crippen molar-refractivity contribution in [2.45, 2.75) is 11.8 Å². The van der Waals surface area contributed by atoms with Crippen molar-refractivity contribution in [2.24, 2.45) is 0 Å². The van der Waals surface area contributed by atoms with Crippen molar-refractivity contribution in [2.75, 3.05) is 13.2 Å². The third-order valence-corrected chi connectivity index (χ3v) is 4.89. The molecular weight excluding hydrogens is 305 g/mol. The summed E-state index contributed by atoms with van der Waals surface area (Å²) < 4.78 is 38.6. The predicted molar refractivity (Wildman–Crippen MR) is 81.8 cm³/mol. The van der Waals surface area contributed by atoms with Gasteiger partial charge in [0.1, 0.15) is 6.67 Å². The van der Waals surface area contributed by atoms with E-state index in [4.69, 9.17) is 0 Å². The summed E-state index contributed by atoms with van der Waals surface area (Å²) in [6.45, 7) is 0.297. The Balaban J connectivity index is 2.45. The minimum absolute atomic E-state index is 0.0229. The molecule has 0 bridgehead atoms. The summed E-state index contributed by atoms with van der Waals surface area (Å²) in [4.78, 5) is 12.4. The van der Waals surface area contributed by atoms with Gasteiger partial charge in [0.25, 0.3) is 15.9 Å². The van der Waals surface area contributed by atoms with Crippen molar-refractivity contribution < 1.29 is 17.6 Å². The van der Waals surface area contributed by atoms with E-state index in [0.29, 0.717) is 4.31 Å². The molecule has 6 heteroatoms. The average molecular weight is 321 g/mol. The Bertz CT molecular complexity index is 760. The molecule has 0 atom stereocenters. The zero-order valence-electron chi connectivity index (χ0n) is 12.1. The summed E-state index contributed by atoms with van der Waals surface area (Å²) in [5.41, 5.74) is 0.945. The first-order chi connectivity index (χ1) is 10.5. The van der Waals surface area contributed by atoms with E-state index in [2.05, 4.69) is 0 Å². The van der Waals surface area contributed by atoms with Crippen LogP contribution in [0.1, 0.15) is 15.9 Å². The van der Waals surface area contributed by atoms with E-state index < -0.39 is 29.1 Å². The molecule has 4 nitrogen and oxygen atoms in total. The van der Waals surface area contributed by atoms with Gasteiger partial charge in [0.15, 0.2) is 0 Å². The maximum absolute atomic E-state index is 12.8. The predicted octanol–water partition coefficient (Wildman–Crippen LogP) is 2.80. The summed E-state index contributed by atoms with van der Waals surface area (Å²) in [6.07, 6.45) is 0. The molecule has 2 aromatic rings. The lowest BCUT2D eigenvalue weighted by Crippen LogP contribution is -2.38. The number of carbonyl (C=O) groups is 1. The van der Waals surface area contributed by atoms with E-state index in [1.165, 1.54) is 24.3 Å². The fourth-order valence-corrected chi connectivity index (χ4v) is 3.51. The second kappa shape index (κ2) is 6.70. The van der Waals surface area contributed by atoms with Crippen LogP contribution >= 0.6 is 0 Å². The fourth-order valence-electron chi connectivity index (χ4n) is 2.04. The minimum Gasteiger partial charge on any atom is -0.268 e. The molecule has 0 aliphatic heterocycles. The van der Waals surface area contributed by atoms with Crippen LogP contribution in [-0.2, 0) is 10.0 Å². The van der Waals surface area contributed by atoms with Crippen LogP contribution in [-0.4, -0.2) is 31.8 Å². The summed E-state index contributed by atoms with van der Waals surface area (Å²) in [5, 5.41) is 0. The minimum atomic E-state index is -4.09. The van der Waals surface area contributed by atoms with Gasteiger partial charge in [0.2, 0.25) is 0 Å². The van der Waals surface area contributed by atoms with E-state index in [1.54, 1.807) is 37.3 Å². The number of benzene rings is 2. The third-order valence-electron chi connectivity index (χ3n) is 3.11. The van der Waals surface area contributed by atoms with Crippen molar-refractivity contribution in [1.29, 1.82) is 0 Å². The molecule has 0 aliphatic carbocycles. The number of aryl methyl sites for hydroxylation is 1. The molecule has 0 spiro atoms. The van der Waals surface area contributed by atoms with Crippen LogP contribution in [0.15, 0.2) is 59.5 Å². The second-order valence-corrected chi connectivity index (χ2v) is 6.62. The van der Waals surface area contributed by atoms with Crippen molar-refractivity contribution in [3.63, 3.8) is 0 Å². The van der Waals surface area contributed by atoms with Crippen LogP contribution < -0.4 is 0 Å². The number of hydrogen-bond acceptors (Lipinski definition) is 3. The summed E-state index contributed by atoms with van der Waals surface area (Å²) in [6, 6.07) is 14.1. The molecule has 0 aromatic heterocycles. The quantitative estimate of drug-likeness (QED) is 0.851. The van der Waals surface area contributed by atoms with Crippen LogP contribution in [0.3, 0.4) is 0 Å². The van der Waals surface area contributed by atoms with Gasteiger partial charge in [0.05, 0.1) is 11.4 Å². The zero-order valence-corrected chi connectivity index (χ0v) is 12.9. The van der Waals surface area contributed by atoms with E-state index >= 15 is 0 Å². The number of hydrogen-bond donors (Lipinski definition) is 0. The SMILES string of the molecule is Cc1cccc(S(=O)(=O)N(CCF)C(=O)c2ccccc2)c1. The number of alkyl halides is 1. The number of carbonyl (C=O) groups excluding carboxylic acids is 1. The normalized spacial score (nSPS) is 11.2. The molecule has 0 N–H and O–H groups in total. The highest BCUT2D eigenvalue weighted by molar-refractivity contribution is 7.89. The van der Waals surface area contributed by atoms with Gasteiger partial charge in [-0.25, -0.2) is 17.1 Å². The highest BCUT2D eigenvalue weighted by atomic mass is 32.2. The largest absolute Gasteiger partial charge is 0.268 e. The highest BCUT2D eigenvalue weighted by Crippen LogP contribution is 2.19. The van der Waals surface area contributed by atoms with Crippen LogP contribution in [0.25, 0.3) is 0 Å². The Kier molecular flexibility index (Phi) is 4.92. The molecular formula is C16H16FNO3S. The molecule has 116 valence electrons. The molecule has 0 saturated heterocycles. The van der Waals surface area contributed by atoms with Gasteiger partial charge in [-0.05, 0) is 36.8 Å². The third kappa shape index (κ3) is 3.33. The highest BCUT2D eigenvalue weighted by Gasteiger charge is 2.29. The number of sulfonamides is 1. The maximum atomic E-state index is 12.8. The standard InChI is InChI=1S/C16H16FNO3S/c1-13-6-5-9-15(12-13)22(20,21)18(11-10-17)16(19)14-7-3-2-4-8-14/h2-9,12H,10-11H2,1H3. The van der Waals surface area contributed by atoms with Gasteiger partial charge >= 0.3 is 0 Å². The number of halogens is 1. The average Bonchev–Trinajstić information content (AvgIpc) is 2.52. The Morgan fingerprint density at radius 2 is 1.77 bits per heavy atom. The Morgan fingerprint density at radius 3 is 2.36 bits per heavy atom. The summed E-state index contributed by atoms with van der Waals surface area (Å²) in [7, 11) is -4.09. The first-order valence-electron chi connectivity index (χ1n) is 6.71. The first-order valence-corrected chi connectivity index (χ1v) is 8.15. The number of nitrogens with zero attached hydrogens (tertiary/aromatic N) is 1.